The Morgan fingerprint density at radius 1 is 1.44 bits per heavy atom. The highest BCUT2D eigenvalue weighted by molar-refractivity contribution is 5.88. The molecule has 1 heterocycles. The van der Waals surface area contributed by atoms with Crippen molar-refractivity contribution in [3.05, 3.63) is 29.8 Å². The minimum atomic E-state index is -0.869. The molecule has 0 aliphatic carbocycles. The Balaban J connectivity index is 2.01. The Labute approximate surface area is 107 Å². The van der Waals surface area contributed by atoms with Gasteiger partial charge in [0.2, 0.25) is 0 Å². The van der Waals surface area contributed by atoms with Gasteiger partial charge in [-0.2, -0.15) is 0 Å². The van der Waals surface area contributed by atoms with Crippen LogP contribution >= 0.6 is 0 Å². The summed E-state index contributed by atoms with van der Waals surface area (Å²) in [5, 5.41) is 8.98. The van der Waals surface area contributed by atoms with Crippen molar-refractivity contribution >= 4 is 11.7 Å². The summed E-state index contributed by atoms with van der Waals surface area (Å²) in [4.78, 5) is 13.2. The summed E-state index contributed by atoms with van der Waals surface area (Å²) in [6.07, 6.45) is 2.20. The Kier molecular flexibility index (Phi) is 4.20. The summed E-state index contributed by atoms with van der Waals surface area (Å²) in [7, 11) is 1.74. The van der Waals surface area contributed by atoms with E-state index < -0.39 is 5.97 Å². The van der Waals surface area contributed by atoms with Gasteiger partial charge in [-0.25, -0.2) is 4.79 Å². The van der Waals surface area contributed by atoms with E-state index in [4.69, 9.17) is 9.84 Å². The third-order valence-electron chi connectivity index (χ3n) is 3.48. The van der Waals surface area contributed by atoms with Crippen LogP contribution in [0.25, 0.3) is 0 Å². The number of carboxylic acid groups (broad SMARTS) is 1. The molecule has 0 atom stereocenters. The molecular formula is C14H19NO3. The van der Waals surface area contributed by atoms with Crippen LogP contribution in [-0.2, 0) is 4.74 Å². The molecule has 4 heteroatoms. The summed E-state index contributed by atoms with van der Waals surface area (Å²) in [5.74, 6) is -0.236. The van der Waals surface area contributed by atoms with Crippen molar-refractivity contribution in [3.8, 4) is 0 Å². The first kappa shape index (κ1) is 12.9. The van der Waals surface area contributed by atoms with Crippen LogP contribution in [0.15, 0.2) is 24.3 Å². The highest BCUT2D eigenvalue weighted by Gasteiger charge is 2.19. The fraction of sp³-hybridized carbons (Fsp3) is 0.500. The van der Waals surface area contributed by atoms with Crippen molar-refractivity contribution in [2.75, 3.05) is 31.7 Å². The fourth-order valence-corrected chi connectivity index (χ4v) is 2.43. The Morgan fingerprint density at radius 2 is 2.17 bits per heavy atom. The highest BCUT2D eigenvalue weighted by atomic mass is 16.5. The number of carbonyl (C=O) groups is 1. The monoisotopic (exact) mass is 249 g/mol. The molecule has 1 aliphatic heterocycles. The van der Waals surface area contributed by atoms with E-state index in [1.165, 1.54) is 0 Å². The predicted molar refractivity (Wildman–Crippen MR) is 70.2 cm³/mol. The molecule has 0 saturated carbocycles. The Morgan fingerprint density at radius 3 is 2.78 bits per heavy atom. The Bertz CT molecular complexity index is 411. The predicted octanol–water partition coefficient (Wildman–Crippen LogP) is 2.25. The van der Waals surface area contributed by atoms with Crippen molar-refractivity contribution < 1.29 is 14.6 Å². The number of carboxylic acids is 1. The van der Waals surface area contributed by atoms with E-state index in [0.29, 0.717) is 11.5 Å². The van der Waals surface area contributed by atoms with Crippen molar-refractivity contribution in [1.29, 1.82) is 0 Å². The average Bonchev–Trinajstić information content (AvgIpc) is 2.40. The second-order valence-corrected chi connectivity index (χ2v) is 4.74. The molecule has 4 nitrogen and oxygen atoms in total. The number of methoxy groups -OCH3 is 1. The zero-order valence-electron chi connectivity index (χ0n) is 10.6. The van der Waals surface area contributed by atoms with Gasteiger partial charge in [-0.1, -0.05) is 6.07 Å². The summed E-state index contributed by atoms with van der Waals surface area (Å²) >= 11 is 0. The molecule has 1 fully saturated rings. The number of anilines is 1. The summed E-state index contributed by atoms with van der Waals surface area (Å²) < 4.78 is 5.18. The molecule has 0 amide bonds. The second kappa shape index (κ2) is 5.87. The Hall–Kier alpha value is -1.55. The first-order valence-electron chi connectivity index (χ1n) is 6.28. The van der Waals surface area contributed by atoms with Gasteiger partial charge in [0.05, 0.1) is 5.56 Å². The number of piperidine rings is 1. The van der Waals surface area contributed by atoms with Gasteiger partial charge in [0.25, 0.3) is 0 Å². The molecular weight excluding hydrogens is 230 g/mol. The number of nitrogens with zero attached hydrogens (tertiary/aromatic N) is 1. The third kappa shape index (κ3) is 3.01. The topological polar surface area (TPSA) is 49.8 Å². The quantitative estimate of drug-likeness (QED) is 0.889. The maximum Gasteiger partial charge on any atom is 0.335 e. The van der Waals surface area contributed by atoms with Gasteiger partial charge in [0.15, 0.2) is 0 Å². The zero-order valence-corrected chi connectivity index (χ0v) is 10.6. The third-order valence-corrected chi connectivity index (χ3v) is 3.48. The van der Waals surface area contributed by atoms with E-state index in [1.807, 2.05) is 6.07 Å². The van der Waals surface area contributed by atoms with Crippen LogP contribution < -0.4 is 4.90 Å². The molecule has 0 unspecified atom stereocenters. The standard InChI is InChI=1S/C14H19NO3/c1-18-10-11-5-7-15(8-6-11)13-4-2-3-12(9-13)14(16)17/h2-4,9,11H,5-8,10H2,1H3,(H,16,17). The second-order valence-electron chi connectivity index (χ2n) is 4.74. The number of rotatable bonds is 4. The van der Waals surface area contributed by atoms with Crippen LogP contribution in [0.3, 0.4) is 0 Å². The smallest absolute Gasteiger partial charge is 0.335 e. The molecule has 1 aromatic carbocycles. The van der Waals surface area contributed by atoms with Crippen LogP contribution in [0, 0.1) is 5.92 Å². The van der Waals surface area contributed by atoms with Crippen LogP contribution in [0.1, 0.15) is 23.2 Å². The van der Waals surface area contributed by atoms with Crippen LogP contribution in [-0.4, -0.2) is 37.9 Å². The molecule has 1 aliphatic rings. The summed E-state index contributed by atoms with van der Waals surface area (Å²) in [6, 6.07) is 7.16. The summed E-state index contributed by atoms with van der Waals surface area (Å²) in [6.45, 7) is 2.76. The lowest BCUT2D eigenvalue weighted by molar-refractivity contribution is 0.0697. The molecule has 1 aromatic rings. The molecule has 2 rings (SSSR count). The largest absolute Gasteiger partial charge is 0.478 e. The van der Waals surface area contributed by atoms with E-state index in [0.717, 1.165) is 38.2 Å². The zero-order chi connectivity index (χ0) is 13.0. The highest BCUT2D eigenvalue weighted by Crippen LogP contribution is 2.24. The normalized spacial score (nSPS) is 16.8. The summed E-state index contributed by atoms with van der Waals surface area (Å²) in [5.41, 5.74) is 1.36. The van der Waals surface area contributed by atoms with Gasteiger partial charge in [-0.05, 0) is 37.0 Å². The molecule has 18 heavy (non-hydrogen) atoms. The molecule has 1 saturated heterocycles. The molecule has 98 valence electrons. The van der Waals surface area contributed by atoms with Crippen LogP contribution in [0.4, 0.5) is 5.69 Å². The number of benzene rings is 1. The van der Waals surface area contributed by atoms with Gasteiger partial charge in [0.1, 0.15) is 0 Å². The first-order valence-corrected chi connectivity index (χ1v) is 6.28. The number of aromatic carboxylic acids is 1. The van der Waals surface area contributed by atoms with Crippen LogP contribution in [0.5, 0.6) is 0 Å². The molecule has 0 spiro atoms. The van der Waals surface area contributed by atoms with Gasteiger partial charge in [0, 0.05) is 32.5 Å². The van der Waals surface area contributed by atoms with Crippen molar-refractivity contribution in [2.24, 2.45) is 5.92 Å². The fourth-order valence-electron chi connectivity index (χ4n) is 2.43. The van der Waals surface area contributed by atoms with E-state index in [2.05, 4.69) is 4.90 Å². The lowest BCUT2D eigenvalue weighted by atomic mass is 9.97. The molecule has 1 N–H and O–H groups in total. The average molecular weight is 249 g/mol. The van der Waals surface area contributed by atoms with Gasteiger partial charge >= 0.3 is 5.97 Å². The molecule has 0 bridgehead atoms. The van der Waals surface area contributed by atoms with Gasteiger partial charge in [-0.3, -0.25) is 0 Å². The number of ether oxygens (including phenoxy) is 1. The van der Waals surface area contributed by atoms with E-state index in [9.17, 15) is 4.79 Å². The maximum atomic E-state index is 10.9. The van der Waals surface area contributed by atoms with Crippen molar-refractivity contribution in [2.45, 2.75) is 12.8 Å². The minimum Gasteiger partial charge on any atom is -0.478 e. The number of hydrogen-bond acceptors (Lipinski definition) is 3. The first-order chi connectivity index (χ1) is 8.70. The molecule has 0 aromatic heterocycles. The minimum absolute atomic E-state index is 0.353. The van der Waals surface area contributed by atoms with Gasteiger partial charge < -0.3 is 14.7 Å². The lowest BCUT2D eigenvalue weighted by Gasteiger charge is -2.33. The van der Waals surface area contributed by atoms with Crippen molar-refractivity contribution in [3.63, 3.8) is 0 Å². The van der Waals surface area contributed by atoms with E-state index in [1.54, 1.807) is 25.3 Å². The van der Waals surface area contributed by atoms with Gasteiger partial charge in [-0.15, -0.1) is 0 Å². The van der Waals surface area contributed by atoms with E-state index >= 15 is 0 Å². The lowest BCUT2D eigenvalue weighted by Crippen LogP contribution is -2.35. The maximum absolute atomic E-state index is 10.9. The molecule has 0 radical (unpaired) electrons. The van der Waals surface area contributed by atoms with Crippen molar-refractivity contribution in [1.82, 2.24) is 0 Å². The number of hydrogen-bond donors (Lipinski definition) is 1. The van der Waals surface area contributed by atoms with Crippen LogP contribution in [0.2, 0.25) is 0 Å². The SMILES string of the molecule is COCC1CCN(c2cccc(C(=O)O)c2)CC1. The van der Waals surface area contributed by atoms with E-state index in [-0.39, 0.29) is 0 Å².